The molecule has 5 nitrogen and oxygen atoms in total. The van der Waals surface area contributed by atoms with E-state index in [1.165, 1.54) is 0 Å². The summed E-state index contributed by atoms with van der Waals surface area (Å²) in [6, 6.07) is 0. The second-order valence-corrected chi connectivity index (χ2v) is 4.59. The molecule has 0 bridgehead atoms. The molecule has 0 rings (SSSR count). The van der Waals surface area contributed by atoms with Crippen LogP contribution in [-0.4, -0.2) is 31.9 Å². The van der Waals surface area contributed by atoms with E-state index in [1.54, 1.807) is 0 Å². The van der Waals surface area contributed by atoms with Crippen molar-refractivity contribution in [2.45, 2.75) is 32.6 Å². The maximum atomic E-state index is 10.9. The fourth-order valence-corrected chi connectivity index (χ4v) is 1.53. The molecular weight excluding hydrogens is 247 g/mol. The molecule has 0 aliphatic rings. The number of carbonyl (C=O) groups excluding carboxylic acids is 1. The molecule has 15 heavy (non-hydrogen) atoms. The number of hydrogen-bond acceptors (Lipinski definition) is 5. The van der Waals surface area contributed by atoms with E-state index in [4.69, 9.17) is 5.11 Å². The van der Waals surface area contributed by atoms with Gasteiger partial charge in [0.2, 0.25) is 0 Å². The first-order valence-corrected chi connectivity index (χ1v) is 6.15. The van der Waals surface area contributed by atoms with Gasteiger partial charge in [0.05, 0.1) is 6.61 Å². The predicted octanol–water partition coefficient (Wildman–Crippen LogP) is -2.45. The van der Waals surface area contributed by atoms with E-state index < -0.39 is 28.4 Å². The van der Waals surface area contributed by atoms with E-state index in [1.807, 2.05) is 6.92 Å². The molecule has 0 aromatic rings. The van der Waals surface area contributed by atoms with Crippen LogP contribution >= 0.6 is 0 Å². The number of rotatable bonds is 7. The van der Waals surface area contributed by atoms with Crippen LogP contribution in [-0.2, 0) is 19.1 Å². The number of unbranched alkanes of at least 4 members (excludes halogenated alkanes) is 2. The van der Waals surface area contributed by atoms with Gasteiger partial charge in [0.25, 0.3) is 0 Å². The summed E-state index contributed by atoms with van der Waals surface area (Å²) in [7, 11) is -3.87. The van der Waals surface area contributed by atoms with Crippen molar-refractivity contribution in [3.8, 4) is 0 Å². The summed E-state index contributed by atoms with van der Waals surface area (Å²) < 4.78 is 25.9. The number of aliphatic hydroxyl groups excluding tert-OH is 1. The van der Waals surface area contributed by atoms with Crippen LogP contribution in [0.3, 0.4) is 0 Å². The summed E-state index contributed by atoms with van der Waals surface area (Å²) in [6.07, 6.45) is 2.56. The standard InChI is InChI=1S/C8H16O5S.K.H/c1-2-3-4-5-8(10)13-14(11,12)7-6-9;;/h9H,2-7H2,1H3;;/q;+1;-1. The molecular formula is C8H17KO5S. The number of aliphatic hydroxyl groups is 1. The molecule has 1 N–H and O–H groups in total. The first-order valence-electron chi connectivity index (χ1n) is 4.57. The minimum absolute atomic E-state index is 0. The van der Waals surface area contributed by atoms with E-state index >= 15 is 0 Å². The van der Waals surface area contributed by atoms with E-state index in [0.717, 1.165) is 12.8 Å². The molecule has 0 fully saturated rings. The fourth-order valence-electron chi connectivity index (χ4n) is 0.856. The average Bonchev–Trinajstić information content (AvgIpc) is 2.03. The van der Waals surface area contributed by atoms with Crippen molar-refractivity contribution >= 4 is 16.1 Å². The van der Waals surface area contributed by atoms with Gasteiger partial charge in [0.1, 0.15) is 5.75 Å². The molecule has 0 aliphatic heterocycles. The van der Waals surface area contributed by atoms with Crippen molar-refractivity contribution in [2.75, 3.05) is 12.4 Å². The monoisotopic (exact) mass is 264 g/mol. The van der Waals surface area contributed by atoms with Crippen LogP contribution in [0.15, 0.2) is 0 Å². The maximum Gasteiger partial charge on any atom is 1.00 e. The Bertz CT molecular complexity index is 268. The summed E-state index contributed by atoms with van der Waals surface area (Å²) in [6.45, 7) is 1.44. The van der Waals surface area contributed by atoms with Crippen molar-refractivity contribution in [3.63, 3.8) is 0 Å². The molecule has 7 heteroatoms. The largest absolute Gasteiger partial charge is 1.00 e. The van der Waals surface area contributed by atoms with Crippen molar-refractivity contribution in [3.05, 3.63) is 0 Å². The summed E-state index contributed by atoms with van der Waals surface area (Å²) in [4.78, 5) is 10.9. The Morgan fingerprint density at radius 3 is 2.47 bits per heavy atom. The second-order valence-electron chi connectivity index (χ2n) is 2.90. The van der Waals surface area contributed by atoms with Crippen molar-refractivity contribution < 1.29 is 75.3 Å². The van der Waals surface area contributed by atoms with Gasteiger partial charge in [-0.25, -0.2) is 0 Å². The summed E-state index contributed by atoms with van der Waals surface area (Å²) in [5, 5.41) is 8.36. The van der Waals surface area contributed by atoms with Crippen molar-refractivity contribution in [2.24, 2.45) is 0 Å². The van der Waals surface area contributed by atoms with Crippen LogP contribution in [0.25, 0.3) is 0 Å². The first-order chi connectivity index (χ1) is 6.52. The Morgan fingerprint density at radius 1 is 1.40 bits per heavy atom. The predicted molar refractivity (Wildman–Crippen MR) is 52.2 cm³/mol. The molecule has 0 radical (unpaired) electrons. The molecule has 0 heterocycles. The van der Waals surface area contributed by atoms with Crippen LogP contribution < -0.4 is 51.4 Å². The van der Waals surface area contributed by atoms with Gasteiger partial charge < -0.3 is 10.7 Å². The van der Waals surface area contributed by atoms with E-state index in [2.05, 4.69) is 4.18 Å². The first kappa shape index (κ1) is 18.4. The van der Waals surface area contributed by atoms with Gasteiger partial charge in [0, 0.05) is 6.42 Å². The Balaban J connectivity index is -0.000000845. The molecule has 0 atom stereocenters. The van der Waals surface area contributed by atoms with E-state index in [9.17, 15) is 13.2 Å². The molecule has 0 amide bonds. The van der Waals surface area contributed by atoms with Crippen LogP contribution in [0.2, 0.25) is 0 Å². The topological polar surface area (TPSA) is 80.7 Å². The van der Waals surface area contributed by atoms with Crippen LogP contribution in [0.4, 0.5) is 0 Å². The summed E-state index contributed by atoms with van der Waals surface area (Å²) in [5.41, 5.74) is 0. The Kier molecular flexibility index (Phi) is 12.5. The van der Waals surface area contributed by atoms with Gasteiger partial charge in [-0.2, -0.15) is 8.42 Å². The zero-order chi connectivity index (χ0) is 11.0. The third kappa shape index (κ3) is 11.3. The van der Waals surface area contributed by atoms with Gasteiger partial charge in [-0.1, -0.05) is 19.8 Å². The van der Waals surface area contributed by atoms with E-state index in [0.29, 0.717) is 6.42 Å². The molecule has 0 aromatic carbocycles. The van der Waals surface area contributed by atoms with Gasteiger partial charge in [-0.15, -0.1) is 0 Å². The Morgan fingerprint density at radius 2 is 2.00 bits per heavy atom. The zero-order valence-electron chi connectivity index (χ0n) is 10.2. The minimum atomic E-state index is -3.87. The molecule has 0 saturated carbocycles. The number of carbonyl (C=O) groups is 1. The molecule has 0 saturated heterocycles. The fraction of sp³-hybridized carbons (Fsp3) is 0.875. The van der Waals surface area contributed by atoms with Crippen molar-refractivity contribution in [1.82, 2.24) is 0 Å². The van der Waals surface area contributed by atoms with E-state index in [-0.39, 0.29) is 59.2 Å². The molecule has 0 spiro atoms. The maximum absolute atomic E-state index is 10.9. The molecule has 86 valence electrons. The normalized spacial score (nSPS) is 10.5. The SMILES string of the molecule is CCCCCC(=O)OS(=O)(=O)CCO.[H-].[K+]. The van der Waals surface area contributed by atoms with Crippen LogP contribution in [0, 0.1) is 0 Å². The van der Waals surface area contributed by atoms with Crippen LogP contribution in [0.1, 0.15) is 34.0 Å². The molecule has 0 aromatic heterocycles. The smallest absolute Gasteiger partial charge is 1.00 e. The third-order valence-corrected chi connectivity index (χ3v) is 2.67. The molecule has 0 aliphatic carbocycles. The zero-order valence-corrected chi connectivity index (χ0v) is 13.2. The quantitative estimate of drug-likeness (QED) is 0.314. The Hall–Kier alpha value is 1.02. The second kappa shape index (κ2) is 10.2. The minimum Gasteiger partial charge on any atom is -1.00 e. The molecule has 0 unspecified atom stereocenters. The third-order valence-electron chi connectivity index (χ3n) is 1.55. The van der Waals surface area contributed by atoms with Gasteiger partial charge in [0.15, 0.2) is 0 Å². The van der Waals surface area contributed by atoms with Crippen molar-refractivity contribution in [1.29, 1.82) is 0 Å². The summed E-state index contributed by atoms with van der Waals surface area (Å²) in [5.74, 6) is -1.28. The Labute approximate surface area is 135 Å². The summed E-state index contributed by atoms with van der Waals surface area (Å²) >= 11 is 0. The number of hydrogen-bond donors (Lipinski definition) is 1. The van der Waals surface area contributed by atoms with Gasteiger partial charge in [-0.3, -0.25) is 4.79 Å². The van der Waals surface area contributed by atoms with Gasteiger partial charge in [-0.05, 0) is 6.42 Å². The van der Waals surface area contributed by atoms with Crippen LogP contribution in [0.5, 0.6) is 0 Å². The van der Waals surface area contributed by atoms with Gasteiger partial charge >= 0.3 is 67.5 Å². The average molecular weight is 264 g/mol.